The van der Waals surface area contributed by atoms with Crippen molar-refractivity contribution < 1.29 is 0 Å². The van der Waals surface area contributed by atoms with Crippen LogP contribution in [0, 0.1) is 5.41 Å². The SMILES string of the molecule is CNC(=S)NCCCCCCSC(=N)N. The fourth-order valence-corrected chi connectivity index (χ4v) is 1.72. The monoisotopic (exact) mass is 248 g/mol. The molecule has 0 saturated heterocycles. The molecule has 0 aliphatic rings. The zero-order chi connectivity index (χ0) is 11.5. The molecule has 88 valence electrons. The predicted molar refractivity (Wildman–Crippen MR) is 72.5 cm³/mol. The van der Waals surface area contributed by atoms with Crippen LogP contribution in [0.25, 0.3) is 0 Å². The molecule has 4 nitrogen and oxygen atoms in total. The van der Waals surface area contributed by atoms with Crippen LogP contribution in [0.3, 0.4) is 0 Å². The van der Waals surface area contributed by atoms with Gasteiger partial charge < -0.3 is 16.4 Å². The van der Waals surface area contributed by atoms with Crippen molar-refractivity contribution in [2.75, 3.05) is 19.3 Å². The molecule has 15 heavy (non-hydrogen) atoms. The Bertz CT molecular complexity index is 197. The van der Waals surface area contributed by atoms with Crippen LogP contribution in [-0.2, 0) is 0 Å². The summed E-state index contributed by atoms with van der Waals surface area (Å²) >= 11 is 6.36. The standard InChI is InChI=1S/C9H20N4S2/c1-12-9(14)13-6-4-2-3-5-7-15-8(10)11/h2-7H2,1H3,(H3,10,11)(H2,12,13,14). The molecule has 0 aliphatic heterocycles. The Morgan fingerprint density at radius 3 is 2.60 bits per heavy atom. The summed E-state index contributed by atoms with van der Waals surface area (Å²) in [5, 5.41) is 13.9. The van der Waals surface area contributed by atoms with Gasteiger partial charge in [0, 0.05) is 19.3 Å². The number of nitrogens with two attached hydrogens (primary N) is 1. The Morgan fingerprint density at radius 2 is 2.00 bits per heavy atom. The summed E-state index contributed by atoms with van der Waals surface area (Å²) < 4.78 is 0. The molecule has 0 amide bonds. The molecule has 0 aromatic rings. The van der Waals surface area contributed by atoms with E-state index in [1.807, 2.05) is 7.05 Å². The number of unbranched alkanes of at least 4 members (excludes halogenated alkanes) is 3. The van der Waals surface area contributed by atoms with E-state index in [9.17, 15) is 0 Å². The highest BCUT2D eigenvalue weighted by Crippen LogP contribution is 2.06. The van der Waals surface area contributed by atoms with Gasteiger partial charge in [0.15, 0.2) is 10.3 Å². The molecule has 0 rings (SSSR count). The van der Waals surface area contributed by atoms with Crippen LogP contribution in [0.1, 0.15) is 25.7 Å². The second kappa shape index (κ2) is 10.0. The molecule has 0 saturated carbocycles. The first-order valence-corrected chi connectivity index (χ1v) is 6.48. The molecule has 0 aromatic heterocycles. The van der Waals surface area contributed by atoms with Crippen molar-refractivity contribution in [3.63, 3.8) is 0 Å². The molecule has 0 radical (unpaired) electrons. The van der Waals surface area contributed by atoms with E-state index in [-0.39, 0.29) is 5.17 Å². The van der Waals surface area contributed by atoms with Gasteiger partial charge in [-0.2, -0.15) is 0 Å². The lowest BCUT2D eigenvalue weighted by Gasteiger charge is -2.06. The van der Waals surface area contributed by atoms with E-state index < -0.39 is 0 Å². The zero-order valence-electron chi connectivity index (χ0n) is 9.14. The molecule has 6 heteroatoms. The Kier molecular flexibility index (Phi) is 9.71. The fraction of sp³-hybridized carbons (Fsp3) is 0.778. The minimum absolute atomic E-state index is 0.219. The molecule has 0 fully saturated rings. The maximum absolute atomic E-state index is 7.02. The van der Waals surface area contributed by atoms with Crippen molar-refractivity contribution in [3.05, 3.63) is 0 Å². The quantitative estimate of drug-likeness (QED) is 0.236. The third kappa shape index (κ3) is 11.4. The largest absolute Gasteiger partial charge is 0.379 e. The zero-order valence-corrected chi connectivity index (χ0v) is 10.8. The van der Waals surface area contributed by atoms with Crippen LogP contribution in [-0.4, -0.2) is 29.6 Å². The first-order valence-electron chi connectivity index (χ1n) is 5.09. The number of thioether (sulfide) groups is 1. The van der Waals surface area contributed by atoms with Crippen molar-refractivity contribution in [2.24, 2.45) is 5.73 Å². The molecular weight excluding hydrogens is 228 g/mol. The molecule has 0 unspecified atom stereocenters. The Labute approximate surface area is 101 Å². The van der Waals surface area contributed by atoms with Crippen LogP contribution in [0.4, 0.5) is 0 Å². The molecule has 0 bridgehead atoms. The summed E-state index contributed by atoms with van der Waals surface area (Å²) in [7, 11) is 1.81. The molecule has 0 aliphatic carbocycles. The topological polar surface area (TPSA) is 73.9 Å². The molecule has 0 heterocycles. The van der Waals surface area contributed by atoms with Crippen molar-refractivity contribution in [1.29, 1.82) is 5.41 Å². The van der Waals surface area contributed by atoms with Gasteiger partial charge in [-0.05, 0) is 25.1 Å². The lowest BCUT2D eigenvalue weighted by molar-refractivity contribution is 0.655. The third-order valence-corrected chi connectivity index (χ3v) is 2.99. The van der Waals surface area contributed by atoms with Gasteiger partial charge >= 0.3 is 0 Å². The van der Waals surface area contributed by atoms with E-state index in [4.69, 9.17) is 23.4 Å². The molecule has 0 spiro atoms. The van der Waals surface area contributed by atoms with E-state index in [2.05, 4.69) is 10.6 Å². The van der Waals surface area contributed by atoms with Gasteiger partial charge in [0.25, 0.3) is 0 Å². The first kappa shape index (κ1) is 14.5. The second-order valence-electron chi connectivity index (χ2n) is 3.13. The fourth-order valence-electron chi connectivity index (χ4n) is 1.05. The Morgan fingerprint density at radius 1 is 1.33 bits per heavy atom. The van der Waals surface area contributed by atoms with E-state index in [1.54, 1.807) is 0 Å². The predicted octanol–water partition coefficient (Wildman–Crippen LogP) is 1.27. The highest BCUT2D eigenvalue weighted by atomic mass is 32.2. The number of nitrogens with one attached hydrogen (secondary N) is 3. The van der Waals surface area contributed by atoms with Gasteiger partial charge in [-0.25, -0.2) is 0 Å². The summed E-state index contributed by atoms with van der Waals surface area (Å²) in [4.78, 5) is 0. The minimum Gasteiger partial charge on any atom is -0.379 e. The average Bonchev–Trinajstić information content (AvgIpc) is 2.21. The summed E-state index contributed by atoms with van der Waals surface area (Å²) in [6.07, 6.45) is 4.64. The summed E-state index contributed by atoms with van der Waals surface area (Å²) in [5.74, 6) is 0.956. The van der Waals surface area contributed by atoms with E-state index in [1.165, 1.54) is 24.6 Å². The Balaban J connectivity index is 3.05. The summed E-state index contributed by atoms with van der Waals surface area (Å²) in [6, 6.07) is 0. The van der Waals surface area contributed by atoms with Gasteiger partial charge in [-0.15, -0.1) is 0 Å². The minimum atomic E-state index is 0.219. The third-order valence-electron chi connectivity index (χ3n) is 1.84. The van der Waals surface area contributed by atoms with Crippen molar-refractivity contribution in [3.8, 4) is 0 Å². The van der Waals surface area contributed by atoms with Gasteiger partial charge in [0.05, 0.1) is 0 Å². The smallest absolute Gasteiger partial charge is 0.166 e. The van der Waals surface area contributed by atoms with Crippen LogP contribution in [0.5, 0.6) is 0 Å². The van der Waals surface area contributed by atoms with Crippen molar-refractivity contribution in [1.82, 2.24) is 10.6 Å². The van der Waals surface area contributed by atoms with Crippen molar-refractivity contribution in [2.45, 2.75) is 25.7 Å². The molecule has 5 N–H and O–H groups in total. The molecular formula is C9H20N4S2. The lowest BCUT2D eigenvalue weighted by atomic mass is 10.2. The van der Waals surface area contributed by atoms with Gasteiger partial charge in [0.2, 0.25) is 0 Å². The normalized spacial score (nSPS) is 9.67. The number of rotatable bonds is 7. The van der Waals surface area contributed by atoms with Crippen LogP contribution in [0.15, 0.2) is 0 Å². The maximum atomic E-state index is 7.02. The van der Waals surface area contributed by atoms with Gasteiger partial charge in [0.1, 0.15) is 0 Å². The number of amidine groups is 1. The maximum Gasteiger partial charge on any atom is 0.166 e. The van der Waals surface area contributed by atoms with Gasteiger partial charge in [-0.3, -0.25) is 5.41 Å². The van der Waals surface area contributed by atoms with Crippen LogP contribution < -0.4 is 16.4 Å². The molecule has 0 aromatic carbocycles. The Hall–Kier alpha value is -0.490. The number of hydrogen-bond acceptors (Lipinski definition) is 3. The van der Waals surface area contributed by atoms with Crippen LogP contribution in [0.2, 0.25) is 0 Å². The van der Waals surface area contributed by atoms with E-state index in [0.29, 0.717) is 5.11 Å². The van der Waals surface area contributed by atoms with E-state index >= 15 is 0 Å². The van der Waals surface area contributed by atoms with E-state index in [0.717, 1.165) is 25.1 Å². The highest BCUT2D eigenvalue weighted by molar-refractivity contribution is 8.13. The van der Waals surface area contributed by atoms with Crippen LogP contribution >= 0.6 is 24.0 Å². The first-order chi connectivity index (χ1) is 7.16. The van der Waals surface area contributed by atoms with Gasteiger partial charge in [-0.1, -0.05) is 24.6 Å². The average molecular weight is 248 g/mol. The number of thiocarbonyl (C=S) groups is 1. The highest BCUT2D eigenvalue weighted by Gasteiger charge is 1.94. The molecule has 0 atom stereocenters. The lowest BCUT2D eigenvalue weighted by Crippen LogP contribution is -2.32. The summed E-state index contributed by atoms with van der Waals surface area (Å²) in [6.45, 7) is 0.930. The van der Waals surface area contributed by atoms with Crippen molar-refractivity contribution >= 4 is 34.3 Å². The summed E-state index contributed by atoms with van der Waals surface area (Å²) in [5.41, 5.74) is 5.22. The second-order valence-corrected chi connectivity index (χ2v) is 4.68. The number of hydrogen-bond donors (Lipinski definition) is 4.